The normalized spacial score (nSPS) is 16.5. The van der Waals surface area contributed by atoms with Gasteiger partial charge in [0, 0.05) is 38.3 Å². The van der Waals surface area contributed by atoms with Crippen LogP contribution in [0.25, 0.3) is 0 Å². The monoisotopic (exact) mass is 436 g/mol. The van der Waals surface area contributed by atoms with Gasteiger partial charge in [0.05, 0.1) is 11.9 Å². The van der Waals surface area contributed by atoms with Crippen LogP contribution in [-0.2, 0) is 6.54 Å². The van der Waals surface area contributed by atoms with Crippen LogP contribution < -0.4 is 19.9 Å². The van der Waals surface area contributed by atoms with Crippen LogP contribution in [0.3, 0.4) is 0 Å². The van der Waals surface area contributed by atoms with Gasteiger partial charge in [-0.1, -0.05) is 26.0 Å². The summed E-state index contributed by atoms with van der Waals surface area (Å²) >= 11 is 3.36. The molecule has 2 aromatic rings. The molecule has 2 aliphatic heterocycles. The molecular formula is C19H25BrN4O3. The highest BCUT2D eigenvalue weighted by atomic mass is 79.9. The number of aromatic nitrogens is 2. The number of benzene rings is 1. The molecular weight excluding hydrogens is 412 g/mol. The molecule has 7 nitrogen and oxygen atoms in total. The lowest BCUT2D eigenvalue weighted by Crippen LogP contribution is -2.46. The molecule has 8 heteroatoms. The standard InChI is InChI=1S/C17H19BrN4O3.C2H6/c18-15-13(10-19-20-17(15)23)22-6-4-21(5-7-22)11-12-2-1-3-14-16(12)25-9-8-24-14;1-2/h1-3,10H,4-9,11H2,(H,20,23);1-2H3. The van der Waals surface area contributed by atoms with E-state index in [1.807, 2.05) is 26.0 Å². The maximum absolute atomic E-state index is 11.7. The second-order valence-corrected chi connectivity index (χ2v) is 6.90. The summed E-state index contributed by atoms with van der Waals surface area (Å²) in [6, 6.07) is 6.06. The summed E-state index contributed by atoms with van der Waals surface area (Å²) in [6.07, 6.45) is 1.69. The number of ether oxygens (including phenoxy) is 2. The summed E-state index contributed by atoms with van der Waals surface area (Å²) < 4.78 is 12.0. The van der Waals surface area contributed by atoms with Crippen LogP contribution in [0.5, 0.6) is 11.5 Å². The fourth-order valence-corrected chi connectivity index (χ4v) is 3.68. The van der Waals surface area contributed by atoms with Gasteiger partial charge in [0.15, 0.2) is 11.5 Å². The van der Waals surface area contributed by atoms with Gasteiger partial charge in [-0.15, -0.1) is 0 Å². The second-order valence-electron chi connectivity index (χ2n) is 6.10. The molecule has 0 bridgehead atoms. The van der Waals surface area contributed by atoms with E-state index in [0.717, 1.165) is 55.5 Å². The van der Waals surface area contributed by atoms with E-state index < -0.39 is 0 Å². The van der Waals surface area contributed by atoms with E-state index in [4.69, 9.17) is 9.47 Å². The molecule has 1 N–H and O–H groups in total. The largest absolute Gasteiger partial charge is 0.486 e. The van der Waals surface area contributed by atoms with Gasteiger partial charge in [0.2, 0.25) is 0 Å². The van der Waals surface area contributed by atoms with E-state index in [-0.39, 0.29) is 5.56 Å². The Morgan fingerprint density at radius 1 is 1.15 bits per heavy atom. The van der Waals surface area contributed by atoms with E-state index >= 15 is 0 Å². The SMILES string of the molecule is CC.O=c1[nH]ncc(N2CCN(Cc3cccc4c3OCCO4)CC2)c1Br. The Bertz CT molecular complexity index is 819. The molecule has 0 atom stereocenters. The molecule has 0 radical (unpaired) electrons. The number of hydrogen-bond donors (Lipinski definition) is 1. The van der Waals surface area contributed by atoms with Gasteiger partial charge in [-0.25, -0.2) is 5.10 Å². The highest BCUT2D eigenvalue weighted by Crippen LogP contribution is 2.34. The summed E-state index contributed by atoms with van der Waals surface area (Å²) in [7, 11) is 0. The van der Waals surface area contributed by atoms with Gasteiger partial charge in [0.1, 0.15) is 17.7 Å². The fraction of sp³-hybridized carbons (Fsp3) is 0.474. The number of aromatic amines is 1. The third-order valence-corrected chi connectivity index (χ3v) is 5.30. The van der Waals surface area contributed by atoms with Crippen LogP contribution in [0.4, 0.5) is 5.69 Å². The average molecular weight is 437 g/mol. The number of nitrogens with zero attached hydrogens (tertiary/aromatic N) is 3. The summed E-state index contributed by atoms with van der Waals surface area (Å²) in [6.45, 7) is 9.53. The zero-order valence-electron chi connectivity index (χ0n) is 15.7. The molecule has 1 aromatic carbocycles. The first-order chi connectivity index (χ1) is 13.2. The van der Waals surface area contributed by atoms with Gasteiger partial charge in [0.25, 0.3) is 5.56 Å². The van der Waals surface area contributed by atoms with Crippen LogP contribution in [-0.4, -0.2) is 54.5 Å². The van der Waals surface area contributed by atoms with Crippen LogP contribution >= 0.6 is 15.9 Å². The van der Waals surface area contributed by atoms with E-state index in [0.29, 0.717) is 17.7 Å². The van der Waals surface area contributed by atoms with Gasteiger partial charge in [-0.2, -0.15) is 5.10 Å². The van der Waals surface area contributed by atoms with Crippen molar-refractivity contribution in [2.75, 3.05) is 44.3 Å². The Morgan fingerprint density at radius 3 is 2.67 bits per heavy atom. The molecule has 3 heterocycles. The minimum Gasteiger partial charge on any atom is -0.486 e. The minimum absolute atomic E-state index is 0.201. The first kappa shape index (κ1) is 19.7. The van der Waals surface area contributed by atoms with Crippen molar-refractivity contribution in [2.24, 2.45) is 0 Å². The summed E-state index contributed by atoms with van der Waals surface area (Å²) in [5.41, 5.74) is 1.80. The van der Waals surface area contributed by atoms with Crippen molar-refractivity contribution >= 4 is 21.6 Å². The topological polar surface area (TPSA) is 70.7 Å². The maximum atomic E-state index is 11.7. The van der Waals surface area contributed by atoms with Crippen LogP contribution in [0, 0.1) is 0 Å². The number of piperazine rings is 1. The zero-order valence-corrected chi connectivity index (χ0v) is 17.3. The first-order valence-electron chi connectivity index (χ1n) is 9.30. The third kappa shape index (κ3) is 4.44. The van der Waals surface area contributed by atoms with Crippen molar-refractivity contribution in [1.82, 2.24) is 15.1 Å². The number of H-pyrrole nitrogens is 1. The lowest BCUT2D eigenvalue weighted by Gasteiger charge is -2.36. The number of anilines is 1. The van der Waals surface area contributed by atoms with Gasteiger partial charge >= 0.3 is 0 Å². The molecule has 1 saturated heterocycles. The fourth-order valence-electron chi connectivity index (χ4n) is 3.24. The molecule has 0 amide bonds. The van der Waals surface area contributed by atoms with Crippen LogP contribution in [0.2, 0.25) is 0 Å². The average Bonchev–Trinajstić information content (AvgIpc) is 2.73. The van der Waals surface area contributed by atoms with Crippen molar-refractivity contribution < 1.29 is 9.47 Å². The molecule has 0 saturated carbocycles. The lowest BCUT2D eigenvalue weighted by atomic mass is 10.1. The summed E-state index contributed by atoms with van der Waals surface area (Å²) in [5, 5.41) is 6.34. The molecule has 1 aromatic heterocycles. The molecule has 2 aliphatic rings. The summed E-state index contributed by atoms with van der Waals surface area (Å²) in [4.78, 5) is 16.3. The van der Waals surface area contributed by atoms with E-state index in [1.54, 1.807) is 6.20 Å². The number of nitrogens with one attached hydrogen (secondary N) is 1. The zero-order chi connectivity index (χ0) is 19.2. The second kappa shape index (κ2) is 9.23. The van der Waals surface area contributed by atoms with Crippen LogP contribution in [0.1, 0.15) is 19.4 Å². The maximum Gasteiger partial charge on any atom is 0.280 e. The lowest BCUT2D eigenvalue weighted by molar-refractivity contribution is 0.166. The number of rotatable bonds is 3. The van der Waals surface area contributed by atoms with Crippen molar-refractivity contribution in [2.45, 2.75) is 20.4 Å². The third-order valence-electron chi connectivity index (χ3n) is 4.53. The quantitative estimate of drug-likeness (QED) is 0.797. The number of para-hydroxylation sites is 1. The van der Waals surface area contributed by atoms with Crippen molar-refractivity contribution in [3.05, 3.63) is 44.8 Å². The molecule has 0 aliphatic carbocycles. The van der Waals surface area contributed by atoms with Gasteiger partial charge in [-0.05, 0) is 22.0 Å². The van der Waals surface area contributed by atoms with Gasteiger partial charge in [-0.3, -0.25) is 9.69 Å². The Labute approximate surface area is 167 Å². The minimum atomic E-state index is -0.201. The van der Waals surface area contributed by atoms with Crippen molar-refractivity contribution in [3.63, 3.8) is 0 Å². The Kier molecular flexibility index (Phi) is 6.73. The predicted molar refractivity (Wildman–Crippen MR) is 109 cm³/mol. The Balaban J connectivity index is 0.00000102. The summed E-state index contributed by atoms with van der Waals surface area (Å²) in [5.74, 6) is 1.71. The van der Waals surface area contributed by atoms with Crippen molar-refractivity contribution in [3.8, 4) is 11.5 Å². The molecule has 0 spiro atoms. The smallest absolute Gasteiger partial charge is 0.280 e. The van der Waals surface area contributed by atoms with Crippen molar-refractivity contribution in [1.29, 1.82) is 0 Å². The molecule has 146 valence electrons. The number of hydrogen-bond acceptors (Lipinski definition) is 6. The highest BCUT2D eigenvalue weighted by molar-refractivity contribution is 9.10. The Hall–Kier alpha value is -2.06. The molecule has 0 unspecified atom stereocenters. The molecule has 1 fully saturated rings. The number of fused-ring (bicyclic) bond motifs is 1. The molecule has 27 heavy (non-hydrogen) atoms. The van der Waals surface area contributed by atoms with Crippen LogP contribution in [0.15, 0.2) is 33.7 Å². The number of halogens is 1. The first-order valence-corrected chi connectivity index (χ1v) is 10.1. The predicted octanol–water partition coefficient (Wildman–Crippen LogP) is 2.65. The van der Waals surface area contributed by atoms with E-state index in [2.05, 4.69) is 42.0 Å². The highest BCUT2D eigenvalue weighted by Gasteiger charge is 2.22. The van der Waals surface area contributed by atoms with E-state index in [1.165, 1.54) is 0 Å². The van der Waals surface area contributed by atoms with E-state index in [9.17, 15) is 4.79 Å². The Morgan fingerprint density at radius 2 is 1.89 bits per heavy atom. The van der Waals surface area contributed by atoms with Gasteiger partial charge < -0.3 is 14.4 Å². The molecule has 4 rings (SSSR count).